The third-order valence-electron chi connectivity index (χ3n) is 4.04. The van der Waals surface area contributed by atoms with E-state index in [2.05, 4.69) is 0 Å². The minimum absolute atomic E-state index is 0.278. The first-order chi connectivity index (χ1) is 11.1. The first-order valence-corrected chi connectivity index (χ1v) is 7.73. The Morgan fingerprint density at radius 2 is 2.26 bits per heavy atom. The molecule has 0 saturated carbocycles. The Morgan fingerprint density at radius 3 is 2.91 bits per heavy atom. The van der Waals surface area contributed by atoms with Crippen LogP contribution in [0.15, 0.2) is 45.1 Å². The molecule has 1 aliphatic carbocycles. The lowest BCUT2D eigenvalue weighted by Crippen LogP contribution is -2.19. The van der Waals surface area contributed by atoms with E-state index in [9.17, 15) is 9.59 Å². The number of rotatable bonds is 3. The van der Waals surface area contributed by atoms with Crippen molar-refractivity contribution >= 4 is 17.6 Å². The number of fused-ring (bicyclic) bond motifs is 1. The van der Waals surface area contributed by atoms with Gasteiger partial charge in [0, 0.05) is 17.0 Å². The molecule has 0 aliphatic heterocycles. The van der Waals surface area contributed by atoms with Crippen molar-refractivity contribution in [2.45, 2.75) is 25.7 Å². The molecule has 1 aromatic heterocycles. The summed E-state index contributed by atoms with van der Waals surface area (Å²) in [6.45, 7) is 1.94. The number of hydrogen-bond acceptors (Lipinski definition) is 4. The van der Waals surface area contributed by atoms with Crippen molar-refractivity contribution in [2.75, 3.05) is 7.11 Å². The largest absolute Gasteiger partial charge is 0.466 e. The van der Waals surface area contributed by atoms with Gasteiger partial charge in [-0.2, -0.15) is 0 Å². The van der Waals surface area contributed by atoms with E-state index in [1.54, 1.807) is 30.3 Å². The van der Waals surface area contributed by atoms with Crippen molar-refractivity contribution < 1.29 is 13.9 Å². The maximum atomic E-state index is 12.3. The second-order valence-electron chi connectivity index (χ2n) is 5.31. The van der Waals surface area contributed by atoms with Gasteiger partial charge >= 0.3 is 11.7 Å². The van der Waals surface area contributed by atoms with Gasteiger partial charge < -0.3 is 9.15 Å². The maximum absolute atomic E-state index is 12.3. The zero-order chi connectivity index (χ0) is 16.6. The smallest absolute Gasteiger partial charge is 0.424 e. The van der Waals surface area contributed by atoms with Crippen LogP contribution >= 0.6 is 11.6 Å². The number of benzene rings is 1. The Balaban J connectivity index is 2.14. The van der Waals surface area contributed by atoms with Gasteiger partial charge in [-0.1, -0.05) is 30.7 Å². The molecule has 1 aromatic carbocycles. The summed E-state index contributed by atoms with van der Waals surface area (Å²) >= 11 is 6.02. The summed E-state index contributed by atoms with van der Waals surface area (Å²) < 4.78 is 11.8. The number of aromatic nitrogens is 1. The van der Waals surface area contributed by atoms with Crippen molar-refractivity contribution in [2.24, 2.45) is 0 Å². The minimum atomic E-state index is -0.477. The number of methoxy groups -OCH3 is 1. The van der Waals surface area contributed by atoms with Crippen molar-refractivity contribution in [3.8, 4) is 5.69 Å². The topological polar surface area (TPSA) is 61.4 Å². The molecule has 0 N–H and O–H groups in total. The molecule has 120 valence electrons. The van der Waals surface area contributed by atoms with Gasteiger partial charge in [-0.15, -0.1) is 0 Å². The van der Waals surface area contributed by atoms with Crippen molar-refractivity contribution in [1.82, 2.24) is 4.57 Å². The number of nitrogens with zero attached hydrogens (tertiary/aromatic N) is 1. The molecule has 3 rings (SSSR count). The van der Waals surface area contributed by atoms with Crippen LogP contribution in [0.2, 0.25) is 5.02 Å². The Kier molecular flexibility index (Phi) is 4.13. The van der Waals surface area contributed by atoms with Gasteiger partial charge in [0.2, 0.25) is 0 Å². The number of halogens is 1. The number of carbonyl (C=O) groups excluding carboxylic acids is 1. The summed E-state index contributed by atoms with van der Waals surface area (Å²) in [6.07, 6.45) is 2.86. The van der Waals surface area contributed by atoms with E-state index < -0.39 is 5.76 Å². The molecule has 0 radical (unpaired) electrons. The molecule has 1 atom stereocenters. The van der Waals surface area contributed by atoms with E-state index >= 15 is 0 Å². The van der Waals surface area contributed by atoms with E-state index in [0.29, 0.717) is 34.9 Å². The number of oxazole rings is 1. The van der Waals surface area contributed by atoms with Gasteiger partial charge in [-0.25, -0.2) is 14.2 Å². The standard InChI is InChI=1S/C17H16ClNO4/c1-3-12-13(16(20)22-2)7-8-14-15(12)23-17(21)19(14)11-6-4-5-10(18)9-11/h4-7,9,12H,3,8H2,1-2H3. The quantitative estimate of drug-likeness (QED) is 0.809. The van der Waals surface area contributed by atoms with Crippen LogP contribution in [0.1, 0.15) is 30.7 Å². The van der Waals surface area contributed by atoms with E-state index in [0.717, 1.165) is 5.69 Å². The highest BCUT2D eigenvalue weighted by molar-refractivity contribution is 6.30. The van der Waals surface area contributed by atoms with Gasteiger partial charge in [0.15, 0.2) is 0 Å². The van der Waals surface area contributed by atoms with Gasteiger partial charge in [0.1, 0.15) is 5.76 Å². The van der Waals surface area contributed by atoms with Gasteiger partial charge in [-0.3, -0.25) is 0 Å². The lowest BCUT2D eigenvalue weighted by atomic mass is 9.87. The fraction of sp³-hybridized carbons (Fsp3) is 0.294. The number of allylic oxidation sites excluding steroid dienone is 1. The molecule has 23 heavy (non-hydrogen) atoms. The highest BCUT2D eigenvalue weighted by Gasteiger charge is 2.33. The van der Waals surface area contributed by atoms with E-state index in [1.165, 1.54) is 11.7 Å². The van der Waals surface area contributed by atoms with Crippen molar-refractivity contribution in [1.29, 1.82) is 0 Å². The predicted molar refractivity (Wildman–Crippen MR) is 86.2 cm³/mol. The maximum Gasteiger partial charge on any atom is 0.424 e. The first kappa shape index (κ1) is 15.6. The summed E-state index contributed by atoms with van der Waals surface area (Å²) in [4.78, 5) is 24.3. The van der Waals surface area contributed by atoms with E-state index in [1.807, 2.05) is 6.92 Å². The van der Waals surface area contributed by atoms with Crippen LogP contribution in [0.4, 0.5) is 0 Å². The summed E-state index contributed by atoms with van der Waals surface area (Å²) in [7, 11) is 1.35. The summed E-state index contributed by atoms with van der Waals surface area (Å²) in [5.41, 5.74) is 1.93. The van der Waals surface area contributed by atoms with E-state index in [-0.39, 0.29) is 11.9 Å². The Hall–Kier alpha value is -2.27. The second-order valence-corrected chi connectivity index (χ2v) is 5.75. The zero-order valence-corrected chi connectivity index (χ0v) is 13.6. The Morgan fingerprint density at radius 1 is 1.48 bits per heavy atom. The van der Waals surface area contributed by atoms with Crippen LogP contribution in [-0.4, -0.2) is 17.6 Å². The van der Waals surface area contributed by atoms with Crippen LogP contribution < -0.4 is 5.76 Å². The molecular formula is C17H16ClNO4. The highest BCUT2D eigenvalue weighted by Crippen LogP contribution is 2.36. The van der Waals surface area contributed by atoms with Crippen molar-refractivity contribution in [3.05, 3.63) is 62.9 Å². The Bertz CT molecular complexity index is 847. The Labute approximate surface area is 138 Å². The molecule has 1 aliphatic rings. The average molecular weight is 334 g/mol. The third kappa shape index (κ3) is 2.61. The number of hydrogen-bond donors (Lipinski definition) is 0. The number of ether oxygens (including phenoxy) is 1. The summed E-state index contributed by atoms with van der Waals surface area (Å²) in [5, 5.41) is 0.540. The van der Waals surface area contributed by atoms with Crippen LogP contribution in [0.3, 0.4) is 0 Å². The fourth-order valence-corrected chi connectivity index (χ4v) is 3.18. The van der Waals surface area contributed by atoms with E-state index in [4.69, 9.17) is 20.8 Å². The fourth-order valence-electron chi connectivity index (χ4n) is 3.00. The van der Waals surface area contributed by atoms with Crippen LogP contribution in [0.5, 0.6) is 0 Å². The second kappa shape index (κ2) is 6.08. The summed E-state index contributed by atoms with van der Waals surface area (Å²) in [5.74, 6) is -0.615. The molecule has 2 aromatic rings. The lowest BCUT2D eigenvalue weighted by molar-refractivity contribution is -0.136. The number of carbonyl (C=O) groups is 1. The molecule has 6 heteroatoms. The summed E-state index contributed by atoms with van der Waals surface area (Å²) in [6, 6.07) is 7.02. The molecule has 0 amide bonds. The zero-order valence-electron chi connectivity index (χ0n) is 12.8. The third-order valence-corrected chi connectivity index (χ3v) is 4.27. The normalized spacial score (nSPS) is 16.7. The van der Waals surface area contributed by atoms with Crippen LogP contribution in [-0.2, 0) is 16.0 Å². The molecular weight excluding hydrogens is 318 g/mol. The minimum Gasteiger partial charge on any atom is -0.466 e. The number of esters is 1. The van der Waals surface area contributed by atoms with Crippen molar-refractivity contribution in [3.63, 3.8) is 0 Å². The SMILES string of the molecule is CCC1C(C(=O)OC)=CCc2c1oc(=O)n2-c1cccc(Cl)c1. The highest BCUT2D eigenvalue weighted by atomic mass is 35.5. The molecule has 0 saturated heterocycles. The monoisotopic (exact) mass is 333 g/mol. The first-order valence-electron chi connectivity index (χ1n) is 7.35. The molecule has 0 bridgehead atoms. The lowest BCUT2D eigenvalue weighted by Gasteiger charge is -2.20. The van der Waals surface area contributed by atoms with Gasteiger partial charge in [0.05, 0.1) is 24.4 Å². The van der Waals surface area contributed by atoms with Gasteiger partial charge in [-0.05, 0) is 24.6 Å². The van der Waals surface area contributed by atoms with Crippen LogP contribution in [0.25, 0.3) is 5.69 Å². The molecule has 0 fully saturated rings. The van der Waals surface area contributed by atoms with Crippen LogP contribution in [0, 0.1) is 0 Å². The molecule has 5 nitrogen and oxygen atoms in total. The average Bonchev–Trinajstić information content (AvgIpc) is 2.89. The predicted octanol–water partition coefficient (Wildman–Crippen LogP) is 3.23. The van der Waals surface area contributed by atoms with Gasteiger partial charge in [0.25, 0.3) is 0 Å². The molecule has 1 unspecified atom stereocenters. The molecule has 0 spiro atoms. The molecule has 1 heterocycles.